The molecule has 1 fully saturated rings. The molecule has 1 amide bonds. The molecule has 1 aliphatic carbocycles. The molecule has 1 saturated carbocycles. The lowest BCUT2D eigenvalue weighted by molar-refractivity contribution is 0.0785. The Kier molecular flexibility index (Phi) is 6.06. The lowest BCUT2D eigenvalue weighted by atomic mass is 9.87. The Labute approximate surface area is 219 Å². The van der Waals surface area contributed by atoms with Crippen LogP contribution in [0.5, 0.6) is 0 Å². The van der Waals surface area contributed by atoms with Crippen LogP contribution in [0.25, 0.3) is 43.4 Å². The molecule has 0 radical (unpaired) electrons. The molecule has 2 aromatic heterocycles. The molecule has 7 heteroatoms. The predicted octanol–water partition coefficient (Wildman–Crippen LogP) is 6.01. The quantitative estimate of drug-likeness (QED) is 0.153. The Morgan fingerprint density at radius 3 is 2.00 bits per heavy atom. The number of carbonyl (C=O) groups excluding carboxylic acids is 4. The van der Waals surface area contributed by atoms with Gasteiger partial charge in [0.25, 0.3) is 5.91 Å². The van der Waals surface area contributed by atoms with Crippen LogP contribution in [0.2, 0.25) is 0 Å². The zero-order valence-electron chi connectivity index (χ0n) is 21.2. The maximum atomic E-state index is 13.7. The van der Waals surface area contributed by atoms with Gasteiger partial charge in [-0.25, -0.2) is 0 Å². The molecule has 0 aliphatic heterocycles. The monoisotopic (exact) mass is 505 g/mol. The summed E-state index contributed by atoms with van der Waals surface area (Å²) in [6.07, 6.45) is 12.4. The number of nitrogens with zero attached hydrogens (tertiary/aromatic N) is 3. The number of aromatic nitrogens is 2. The molecule has 190 valence electrons. The normalized spacial score (nSPS) is 14.4. The largest absolute Gasteiger partial charge is 0.342 e. The molecule has 7 nitrogen and oxygen atoms in total. The van der Waals surface area contributed by atoms with Crippen LogP contribution in [0.1, 0.15) is 80.0 Å². The molecule has 38 heavy (non-hydrogen) atoms. The zero-order chi connectivity index (χ0) is 26.4. The van der Waals surface area contributed by atoms with Crippen molar-refractivity contribution in [2.24, 2.45) is 5.92 Å². The van der Waals surface area contributed by atoms with Crippen LogP contribution in [0, 0.1) is 5.92 Å². The molecule has 0 atom stereocenters. The van der Waals surface area contributed by atoms with Crippen LogP contribution in [-0.4, -0.2) is 53.2 Å². The van der Waals surface area contributed by atoms with Crippen LogP contribution in [0.15, 0.2) is 36.7 Å². The van der Waals surface area contributed by atoms with Crippen molar-refractivity contribution < 1.29 is 19.2 Å². The Hall–Kier alpha value is -4.26. The summed E-state index contributed by atoms with van der Waals surface area (Å²) in [4.78, 5) is 60.5. The lowest BCUT2D eigenvalue weighted by Crippen LogP contribution is -2.29. The molecule has 6 rings (SSSR count). The van der Waals surface area contributed by atoms with Crippen molar-refractivity contribution in [2.45, 2.75) is 38.5 Å². The van der Waals surface area contributed by atoms with Gasteiger partial charge < -0.3 is 4.90 Å². The average Bonchev–Trinajstić information content (AvgIpc) is 2.97. The summed E-state index contributed by atoms with van der Waals surface area (Å²) in [7, 11) is 1.82. The van der Waals surface area contributed by atoms with E-state index in [1.807, 2.05) is 13.1 Å². The van der Waals surface area contributed by atoms with E-state index in [0.29, 0.717) is 84.4 Å². The van der Waals surface area contributed by atoms with E-state index in [-0.39, 0.29) is 5.91 Å². The fourth-order valence-corrected chi connectivity index (χ4v) is 6.27. The van der Waals surface area contributed by atoms with Gasteiger partial charge in [0, 0.05) is 80.6 Å². The maximum Gasteiger partial charge on any atom is 0.254 e. The molecule has 0 bridgehead atoms. The second kappa shape index (κ2) is 9.56. The van der Waals surface area contributed by atoms with E-state index in [0.717, 1.165) is 19.0 Å². The Bertz CT molecular complexity index is 1690. The minimum Gasteiger partial charge on any atom is -0.342 e. The minimum absolute atomic E-state index is 0.135. The molecular formula is C31H27N3O4. The summed E-state index contributed by atoms with van der Waals surface area (Å²) in [6.45, 7) is 0.660. The van der Waals surface area contributed by atoms with Crippen LogP contribution in [0.3, 0.4) is 0 Å². The molecule has 0 N–H and O–H groups in total. The first-order valence-corrected chi connectivity index (χ1v) is 13.1. The minimum atomic E-state index is -0.135. The second-order valence-electron chi connectivity index (χ2n) is 10.4. The van der Waals surface area contributed by atoms with Crippen molar-refractivity contribution in [3.05, 3.63) is 58.9 Å². The maximum absolute atomic E-state index is 13.7. The van der Waals surface area contributed by atoms with Gasteiger partial charge in [-0.3, -0.25) is 29.1 Å². The zero-order valence-corrected chi connectivity index (χ0v) is 21.2. The first kappa shape index (κ1) is 24.1. The van der Waals surface area contributed by atoms with E-state index in [2.05, 4.69) is 9.97 Å². The van der Waals surface area contributed by atoms with E-state index < -0.39 is 0 Å². The van der Waals surface area contributed by atoms with Crippen LogP contribution in [-0.2, 0) is 0 Å². The van der Waals surface area contributed by atoms with Gasteiger partial charge in [0.1, 0.15) is 0 Å². The standard InChI is InChI=1S/C31H27N3O4/c1-34(12-11-18-5-3-2-4-6-18)31(38)24-10-9-23-28-26(24)21(17-37)14-33-30(28)22-8-7-19(15-35)25-20(16-36)13-32-29(23)27(22)25/h7-10,13-18H,2-6,11-12H2,1H3. The van der Waals surface area contributed by atoms with Gasteiger partial charge in [0.05, 0.1) is 11.0 Å². The van der Waals surface area contributed by atoms with E-state index in [4.69, 9.17) is 0 Å². The van der Waals surface area contributed by atoms with Gasteiger partial charge in [0.2, 0.25) is 0 Å². The summed E-state index contributed by atoms with van der Waals surface area (Å²) < 4.78 is 0. The number of hydrogen-bond acceptors (Lipinski definition) is 6. The number of benzene rings is 3. The highest BCUT2D eigenvalue weighted by Crippen LogP contribution is 2.41. The highest BCUT2D eigenvalue weighted by atomic mass is 16.2. The first-order chi connectivity index (χ1) is 18.6. The Morgan fingerprint density at radius 1 is 0.789 bits per heavy atom. The number of fused-ring (bicyclic) bond motifs is 2. The molecule has 3 aromatic carbocycles. The van der Waals surface area contributed by atoms with Crippen LogP contribution in [0.4, 0.5) is 0 Å². The summed E-state index contributed by atoms with van der Waals surface area (Å²) >= 11 is 0. The summed E-state index contributed by atoms with van der Waals surface area (Å²) in [5.74, 6) is 0.518. The van der Waals surface area contributed by atoms with Crippen molar-refractivity contribution >= 4 is 68.1 Å². The number of amides is 1. The summed E-state index contributed by atoms with van der Waals surface area (Å²) in [5, 5.41) is 3.85. The summed E-state index contributed by atoms with van der Waals surface area (Å²) in [6, 6.07) is 7.05. The Balaban J connectivity index is 1.57. The van der Waals surface area contributed by atoms with Gasteiger partial charge in [-0.05, 0) is 18.4 Å². The van der Waals surface area contributed by atoms with Crippen molar-refractivity contribution in [2.75, 3.05) is 13.6 Å². The molecule has 0 unspecified atom stereocenters. The molecule has 2 heterocycles. The predicted molar refractivity (Wildman–Crippen MR) is 148 cm³/mol. The Morgan fingerprint density at radius 2 is 1.37 bits per heavy atom. The molecule has 0 saturated heterocycles. The number of aldehydes is 3. The summed E-state index contributed by atoms with van der Waals surface area (Å²) in [5.41, 5.74) is 2.70. The fourth-order valence-electron chi connectivity index (χ4n) is 6.27. The lowest BCUT2D eigenvalue weighted by Gasteiger charge is -2.25. The van der Waals surface area contributed by atoms with E-state index >= 15 is 0 Å². The number of rotatable bonds is 7. The van der Waals surface area contributed by atoms with Gasteiger partial charge >= 0.3 is 0 Å². The van der Waals surface area contributed by atoms with Gasteiger partial charge in [-0.15, -0.1) is 0 Å². The molecule has 1 aliphatic rings. The smallest absolute Gasteiger partial charge is 0.254 e. The molecular weight excluding hydrogens is 478 g/mol. The van der Waals surface area contributed by atoms with Crippen molar-refractivity contribution in [1.29, 1.82) is 0 Å². The topological polar surface area (TPSA) is 97.3 Å². The van der Waals surface area contributed by atoms with E-state index in [1.54, 1.807) is 23.1 Å². The molecule has 0 spiro atoms. The highest BCUT2D eigenvalue weighted by molar-refractivity contribution is 6.35. The van der Waals surface area contributed by atoms with E-state index in [9.17, 15) is 19.2 Å². The number of carbonyl (C=O) groups is 4. The van der Waals surface area contributed by atoms with Gasteiger partial charge in [0.15, 0.2) is 18.9 Å². The highest BCUT2D eigenvalue weighted by Gasteiger charge is 2.24. The van der Waals surface area contributed by atoms with E-state index in [1.165, 1.54) is 44.5 Å². The van der Waals surface area contributed by atoms with Crippen molar-refractivity contribution in [3.63, 3.8) is 0 Å². The number of hydrogen-bond donors (Lipinski definition) is 0. The van der Waals surface area contributed by atoms with Crippen LogP contribution < -0.4 is 0 Å². The SMILES string of the molecule is CN(CCC1CCCCC1)C(=O)c1ccc2c3ncc(C=O)c4c(C=O)ccc(c5ncc(C=O)c1c25)c43. The number of pyridine rings is 2. The van der Waals surface area contributed by atoms with Crippen molar-refractivity contribution in [3.8, 4) is 0 Å². The van der Waals surface area contributed by atoms with Crippen LogP contribution >= 0.6 is 0 Å². The van der Waals surface area contributed by atoms with Gasteiger partial charge in [-0.2, -0.15) is 0 Å². The fraction of sp³-hybridized carbons (Fsp3) is 0.290. The third-order valence-corrected chi connectivity index (χ3v) is 8.23. The third-order valence-electron chi connectivity index (χ3n) is 8.23. The first-order valence-electron chi connectivity index (χ1n) is 13.1. The van der Waals surface area contributed by atoms with Crippen molar-refractivity contribution in [1.82, 2.24) is 14.9 Å². The molecule has 5 aromatic rings. The third kappa shape index (κ3) is 3.64. The second-order valence-corrected chi connectivity index (χ2v) is 10.4. The van der Waals surface area contributed by atoms with Gasteiger partial charge in [-0.1, -0.05) is 50.3 Å². The average molecular weight is 506 g/mol.